The molecule has 0 unspecified atom stereocenters. The van der Waals surface area contributed by atoms with E-state index in [0.29, 0.717) is 0 Å². The highest BCUT2D eigenvalue weighted by Crippen LogP contribution is 2.19. The van der Waals surface area contributed by atoms with Crippen molar-refractivity contribution in [1.82, 2.24) is 14.9 Å². The Labute approximate surface area is 80.3 Å². The quantitative estimate of drug-likeness (QED) is 0.851. The van der Waals surface area contributed by atoms with Crippen LogP contribution in [0.1, 0.15) is 18.5 Å². The van der Waals surface area contributed by atoms with Crippen LogP contribution in [0.15, 0.2) is 10.9 Å². The van der Waals surface area contributed by atoms with Gasteiger partial charge in [-0.15, -0.1) is 0 Å². The molecule has 0 aliphatic heterocycles. The third-order valence-electron chi connectivity index (χ3n) is 2.02. The molecular weight excluding hydrogens is 218 g/mol. The van der Waals surface area contributed by atoms with E-state index in [1.807, 2.05) is 17.8 Å². The van der Waals surface area contributed by atoms with E-state index in [4.69, 9.17) is 0 Å². The first-order valence-electron chi connectivity index (χ1n) is 4.17. The highest BCUT2D eigenvalue weighted by molar-refractivity contribution is 9.10. The number of aromatic nitrogens is 2. The zero-order chi connectivity index (χ0) is 8.55. The predicted octanol–water partition coefficient (Wildman–Crippen LogP) is 1.43. The Morgan fingerprint density at radius 2 is 2.50 bits per heavy atom. The van der Waals surface area contributed by atoms with Gasteiger partial charge in [-0.2, -0.15) is 0 Å². The Morgan fingerprint density at radius 1 is 1.75 bits per heavy atom. The molecule has 2 rings (SSSR count). The lowest BCUT2D eigenvalue weighted by atomic mass is 10.4. The van der Waals surface area contributed by atoms with Gasteiger partial charge in [-0.3, -0.25) is 0 Å². The summed E-state index contributed by atoms with van der Waals surface area (Å²) in [5.74, 6) is 0. The van der Waals surface area contributed by atoms with Crippen molar-refractivity contribution in [3.63, 3.8) is 0 Å². The van der Waals surface area contributed by atoms with Crippen molar-refractivity contribution in [3.05, 3.63) is 16.6 Å². The molecule has 3 nitrogen and oxygen atoms in total. The first kappa shape index (κ1) is 8.26. The van der Waals surface area contributed by atoms with Crippen LogP contribution in [-0.4, -0.2) is 15.6 Å². The summed E-state index contributed by atoms with van der Waals surface area (Å²) in [4.78, 5) is 4.33. The lowest BCUT2D eigenvalue weighted by Crippen LogP contribution is -2.15. The van der Waals surface area contributed by atoms with Crippen LogP contribution in [0.4, 0.5) is 0 Å². The molecule has 0 radical (unpaired) electrons. The second-order valence-electron chi connectivity index (χ2n) is 3.27. The van der Waals surface area contributed by atoms with Gasteiger partial charge in [0.2, 0.25) is 0 Å². The lowest BCUT2D eigenvalue weighted by molar-refractivity contribution is 0.676. The normalized spacial score (nSPS) is 16.8. The SMILES string of the molecule is Cn1cc(CNC2CC2)nc1Br. The fraction of sp³-hybridized carbons (Fsp3) is 0.625. The van der Waals surface area contributed by atoms with E-state index in [1.165, 1.54) is 12.8 Å². The predicted molar refractivity (Wildman–Crippen MR) is 50.8 cm³/mol. The molecule has 12 heavy (non-hydrogen) atoms. The van der Waals surface area contributed by atoms with Crippen molar-refractivity contribution in [2.75, 3.05) is 0 Å². The minimum Gasteiger partial charge on any atom is -0.328 e. The fourth-order valence-electron chi connectivity index (χ4n) is 1.12. The molecule has 1 heterocycles. The zero-order valence-corrected chi connectivity index (χ0v) is 8.63. The molecular formula is C8H12BrN3. The molecule has 1 aromatic rings. The molecule has 0 amide bonds. The Balaban J connectivity index is 1.93. The third kappa shape index (κ3) is 1.87. The highest BCUT2D eigenvalue weighted by Gasteiger charge is 2.20. The maximum atomic E-state index is 4.33. The van der Waals surface area contributed by atoms with Crippen molar-refractivity contribution < 1.29 is 0 Å². The maximum Gasteiger partial charge on any atom is 0.177 e. The Bertz CT molecular complexity index is 258. The van der Waals surface area contributed by atoms with Crippen molar-refractivity contribution in [2.45, 2.75) is 25.4 Å². The van der Waals surface area contributed by atoms with Gasteiger partial charge in [0, 0.05) is 25.8 Å². The van der Waals surface area contributed by atoms with E-state index in [0.717, 1.165) is 23.0 Å². The van der Waals surface area contributed by atoms with Crippen molar-refractivity contribution in [2.24, 2.45) is 7.05 Å². The molecule has 0 spiro atoms. The molecule has 0 aromatic carbocycles. The molecule has 1 aliphatic rings. The second-order valence-corrected chi connectivity index (χ2v) is 3.98. The first-order chi connectivity index (χ1) is 5.75. The zero-order valence-electron chi connectivity index (χ0n) is 7.05. The van der Waals surface area contributed by atoms with Crippen molar-refractivity contribution >= 4 is 15.9 Å². The summed E-state index contributed by atoms with van der Waals surface area (Å²) in [5, 5.41) is 3.42. The van der Waals surface area contributed by atoms with E-state index in [9.17, 15) is 0 Å². The molecule has 1 aromatic heterocycles. The number of rotatable bonds is 3. The second kappa shape index (κ2) is 3.18. The van der Waals surface area contributed by atoms with E-state index in [1.54, 1.807) is 0 Å². The molecule has 0 atom stereocenters. The van der Waals surface area contributed by atoms with E-state index in [2.05, 4.69) is 26.2 Å². The third-order valence-corrected chi connectivity index (χ3v) is 2.76. The summed E-state index contributed by atoms with van der Waals surface area (Å²) in [6.45, 7) is 0.893. The summed E-state index contributed by atoms with van der Waals surface area (Å²) < 4.78 is 2.87. The van der Waals surface area contributed by atoms with E-state index >= 15 is 0 Å². The topological polar surface area (TPSA) is 29.9 Å². The number of imidazole rings is 1. The van der Waals surface area contributed by atoms with Gasteiger partial charge in [-0.05, 0) is 28.8 Å². The van der Waals surface area contributed by atoms with Gasteiger partial charge in [-0.25, -0.2) is 4.98 Å². The summed E-state index contributed by atoms with van der Waals surface area (Å²) in [5.41, 5.74) is 1.11. The molecule has 66 valence electrons. The minimum absolute atomic E-state index is 0.755. The van der Waals surface area contributed by atoms with Gasteiger partial charge in [0.25, 0.3) is 0 Å². The number of hydrogen-bond acceptors (Lipinski definition) is 2. The van der Waals surface area contributed by atoms with E-state index < -0.39 is 0 Å². The molecule has 1 aliphatic carbocycles. The highest BCUT2D eigenvalue weighted by atomic mass is 79.9. The van der Waals surface area contributed by atoms with Gasteiger partial charge in [0.1, 0.15) is 0 Å². The number of halogens is 1. The Kier molecular flexibility index (Phi) is 2.19. The van der Waals surface area contributed by atoms with Gasteiger partial charge in [0.05, 0.1) is 5.69 Å². The van der Waals surface area contributed by atoms with Crippen LogP contribution in [0.3, 0.4) is 0 Å². The number of nitrogens with zero attached hydrogens (tertiary/aromatic N) is 2. The molecule has 4 heteroatoms. The van der Waals surface area contributed by atoms with Crippen LogP contribution >= 0.6 is 15.9 Å². The number of hydrogen-bond donors (Lipinski definition) is 1. The average Bonchev–Trinajstić information content (AvgIpc) is 2.78. The Hall–Kier alpha value is -0.350. The molecule has 0 saturated heterocycles. The lowest BCUT2D eigenvalue weighted by Gasteiger charge is -1.96. The van der Waals surface area contributed by atoms with Crippen LogP contribution in [0.25, 0.3) is 0 Å². The minimum atomic E-state index is 0.755. The van der Waals surface area contributed by atoms with Crippen LogP contribution in [0.2, 0.25) is 0 Å². The van der Waals surface area contributed by atoms with Crippen molar-refractivity contribution in [1.29, 1.82) is 0 Å². The molecule has 1 saturated carbocycles. The van der Waals surface area contributed by atoms with Crippen LogP contribution < -0.4 is 5.32 Å². The largest absolute Gasteiger partial charge is 0.328 e. The van der Waals surface area contributed by atoms with E-state index in [-0.39, 0.29) is 0 Å². The summed E-state index contributed by atoms with van der Waals surface area (Å²) >= 11 is 3.36. The first-order valence-corrected chi connectivity index (χ1v) is 4.96. The Morgan fingerprint density at radius 3 is 3.00 bits per heavy atom. The molecule has 1 N–H and O–H groups in total. The fourth-order valence-corrected chi connectivity index (χ4v) is 1.45. The monoisotopic (exact) mass is 229 g/mol. The van der Waals surface area contributed by atoms with Crippen molar-refractivity contribution in [3.8, 4) is 0 Å². The number of nitrogens with one attached hydrogen (secondary N) is 1. The molecule has 0 bridgehead atoms. The maximum absolute atomic E-state index is 4.33. The average molecular weight is 230 g/mol. The summed E-state index contributed by atoms with van der Waals surface area (Å²) in [7, 11) is 1.98. The standard InChI is InChI=1S/C8H12BrN3/c1-12-5-7(11-8(12)9)4-10-6-2-3-6/h5-6,10H,2-4H2,1H3. The summed E-state index contributed by atoms with van der Waals surface area (Å²) in [6.07, 6.45) is 4.70. The summed E-state index contributed by atoms with van der Waals surface area (Å²) in [6, 6.07) is 0.755. The van der Waals surface area contributed by atoms with Crippen LogP contribution in [-0.2, 0) is 13.6 Å². The van der Waals surface area contributed by atoms with Gasteiger partial charge in [-0.1, -0.05) is 0 Å². The van der Waals surface area contributed by atoms with Gasteiger partial charge >= 0.3 is 0 Å². The number of aryl methyl sites for hydroxylation is 1. The van der Waals surface area contributed by atoms with Crippen LogP contribution in [0.5, 0.6) is 0 Å². The van der Waals surface area contributed by atoms with Crippen LogP contribution in [0, 0.1) is 0 Å². The smallest absolute Gasteiger partial charge is 0.177 e. The van der Waals surface area contributed by atoms with Gasteiger partial charge < -0.3 is 9.88 Å². The van der Waals surface area contributed by atoms with Gasteiger partial charge in [0.15, 0.2) is 4.73 Å². The molecule has 1 fully saturated rings.